The highest BCUT2D eigenvalue weighted by Gasteiger charge is 2.12. The lowest BCUT2D eigenvalue weighted by molar-refractivity contribution is 0.276. The third kappa shape index (κ3) is 3.57. The number of anilines is 1. The lowest BCUT2D eigenvalue weighted by Crippen LogP contribution is -2.04. The number of methoxy groups -OCH3 is 1. The average Bonchev–Trinajstić information content (AvgIpc) is 2.98. The minimum Gasteiger partial charge on any atom is -0.479 e. The number of rotatable bonds is 7. The lowest BCUT2D eigenvalue weighted by Gasteiger charge is -2.07. The van der Waals surface area contributed by atoms with E-state index in [0.717, 1.165) is 17.0 Å². The number of nitrogens with one attached hydrogen (secondary N) is 1. The number of fused-ring (bicyclic) bond motifs is 1. The molecule has 0 aliphatic heterocycles. The highest BCUT2D eigenvalue weighted by atomic mass is 16.5. The molecule has 0 spiro atoms. The van der Waals surface area contributed by atoms with E-state index in [4.69, 9.17) is 9.47 Å². The molecule has 3 heterocycles. The molecule has 128 valence electrons. The van der Waals surface area contributed by atoms with Crippen molar-refractivity contribution in [1.29, 1.82) is 0 Å². The van der Waals surface area contributed by atoms with Gasteiger partial charge >= 0.3 is 6.01 Å². The third-order valence-corrected chi connectivity index (χ3v) is 3.48. The second kappa shape index (κ2) is 7.43. The van der Waals surface area contributed by atoms with Gasteiger partial charge in [-0.25, -0.2) is 15.0 Å². The quantitative estimate of drug-likeness (QED) is 0.308. The summed E-state index contributed by atoms with van der Waals surface area (Å²) in [7, 11) is 1.52. The summed E-state index contributed by atoms with van der Waals surface area (Å²) < 4.78 is 12.4. The summed E-state index contributed by atoms with van der Waals surface area (Å²) in [6.45, 7) is 5.78. The van der Waals surface area contributed by atoms with Gasteiger partial charge in [-0.2, -0.15) is 0 Å². The summed E-state index contributed by atoms with van der Waals surface area (Å²) in [6.07, 6.45) is 6.70. The van der Waals surface area contributed by atoms with Crippen LogP contribution < -0.4 is 10.1 Å². The van der Waals surface area contributed by atoms with Crippen molar-refractivity contribution in [3.8, 4) is 6.01 Å². The van der Waals surface area contributed by atoms with Crippen molar-refractivity contribution in [3.05, 3.63) is 54.4 Å². The smallest absolute Gasteiger partial charge is 0.316 e. The van der Waals surface area contributed by atoms with E-state index in [0.29, 0.717) is 17.4 Å². The number of aromatic nitrogens is 4. The van der Waals surface area contributed by atoms with Crippen LogP contribution in [0.2, 0.25) is 0 Å². The zero-order valence-corrected chi connectivity index (χ0v) is 14.0. The molecule has 0 saturated heterocycles. The monoisotopic (exact) mass is 338 g/mol. The Morgan fingerprint density at radius 3 is 2.88 bits per heavy atom. The maximum atomic E-state index is 5.54. The van der Waals surface area contributed by atoms with Crippen LogP contribution in [0.4, 0.5) is 5.69 Å². The van der Waals surface area contributed by atoms with Crippen LogP contribution in [0.5, 0.6) is 6.01 Å². The van der Waals surface area contributed by atoms with Crippen LogP contribution in [0, 0.1) is 6.92 Å². The van der Waals surface area contributed by atoms with Gasteiger partial charge in [0.25, 0.3) is 0 Å². The molecular formula is C17H18N6O2. The van der Waals surface area contributed by atoms with E-state index in [1.807, 2.05) is 35.7 Å². The van der Waals surface area contributed by atoms with E-state index < -0.39 is 0 Å². The van der Waals surface area contributed by atoms with Crippen LogP contribution in [0.25, 0.3) is 11.3 Å². The van der Waals surface area contributed by atoms with Crippen molar-refractivity contribution < 1.29 is 9.47 Å². The SMILES string of the molecule is C=N/C(=C\OCNc1cnc(OC)nc1)c1c(C)nc2ccccn12. The Morgan fingerprint density at radius 1 is 1.36 bits per heavy atom. The Labute approximate surface area is 144 Å². The summed E-state index contributed by atoms with van der Waals surface area (Å²) >= 11 is 0. The number of hydrogen-bond acceptors (Lipinski definition) is 7. The number of pyridine rings is 1. The summed E-state index contributed by atoms with van der Waals surface area (Å²) in [5.41, 5.74) is 3.86. The fourth-order valence-corrected chi connectivity index (χ4v) is 2.35. The van der Waals surface area contributed by atoms with Crippen molar-refractivity contribution in [1.82, 2.24) is 19.4 Å². The number of hydrogen-bond donors (Lipinski definition) is 1. The first-order valence-corrected chi connectivity index (χ1v) is 7.55. The van der Waals surface area contributed by atoms with Crippen LogP contribution >= 0.6 is 0 Å². The molecule has 1 N–H and O–H groups in total. The van der Waals surface area contributed by atoms with Gasteiger partial charge in [0.2, 0.25) is 0 Å². The largest absolute Gasteiger partial charge is 0.479 e. The molecule has 3 aromatic rings. The molecule has 0 saturated carbocycles. The van der Waals surface area contributed by atoms with E-state index in [2.05, 4.69) is 32.0 Å². The first-order valence-electron chi connectivity index (χ1n) is 7.55. The molecule has 3 rings (SSSR count). The number of imidazole rings is 1. The first-order chi connectivity index (χ1) is 12.2. The second-order valence-electron chi connectivity index (χ2n) is 5.08. The predicted octanol–water partition coefficient (Wildman–Crippen LogP) is 2.53. The molecule has 8 heteroatoms. The van der Waals surface area contributed by atoms with Gasteiger partial charge < -0.3 is 14.8 Å². The van der Waals surface area contributed by atoms with Gasteiger partial charge in [0, 0.05) is 6.20 Å². The van der Waals surface area contributed by atoms with Crippen molar-refractivity contribution in [3.63, 3.8) is 0 Å². The minimum absolute atomic E-state index is 0.227. The fraction of sp³-hybridized carbons (Fsp3) is 0.176. The van der Waals surface area contributed by atoms with Crippen molar-refractivity contribution in [2.24, 2.45) is 4.99 Å². The average molecular weight is 338 g/mol. The van der Waals surface area contributed by atoms with Crippen molar-refractivity contribution in [2.45, 2.75) is 6.92 Å². The van der Waals surface area contributed by atoms with E-state index >= 15 is 0 Å². The maximum absolute atomic E-state index is 5.54. The van der Waals surface area contributed by atoms with Crippen LogP contribution in [0.15, 0.2) is 48.0 Å². The molecule has 8 nitrogen and oxygen atoms in total. The maximum Gasteiger partial charge on any atom is 0.316 e. The van der Waals surface area contributed by atoms with Crippen molar-refractivity contribution >= 4 is 23.7 Å². The summed E-state index contributed by atoms with van der Waals surface area (Å²) in [5, 5.41) is 3.04. The molecule has 25 heavy (non-hydrogen) atoms. The Bertz CT molecular complexity index is 901. The molecule has 0 amide bonds. The van der Waals surface area contributed by atoms with Gasteiger partial charge in [-0.3, -0.25) is 9.39 Å². The van der Waals surface area contributed by atoms with Crippen LogP contribution in [-0.4, -0.2) is 39.9 Å². The first kappa shape index (κ1) is 16.4. The van der Waals surface area contributed by atoms with Gasteiger partial charge in [0.1, 0.15) is 17.6 Å². The topological polar surface area (TPSA) is 85.9 Å². The molecule has 0 bridgehead atoms. The van der Waals surface area contributed by atoms with E-state index in [9.17, 15) is 0 Å². The zero-order chi connectivity index (χ0) is 17.6. The predicted molar refractivity (Wildman–Crippen MR) is 95.6 cm³/mol. The number of aliphatic imine (C=N–C) groups is 1. The van der Waals surface area contributed by atoms with Gasteiger partial charge in [-0.05, 0) is 25.8 Å². The highest BCUT2D eigenvalue weighted by molar-refractivity contribution is 5.69. The molecule has 0 aliphatic carbocycles. The fourth-order valence-electron chi connectivity index (χ4n) is 2.35. The van der Waals surface area contributed by atoms with Gasteiger partial charge in [0.15, 0.2) is 6.73 Å². The molecular weight excluding hydrogens is 320 g/mol. The Kier molecular flexibility index (Phi) is 4.89. The van der Waals surface area contributed by atoms with Gasteiger partial charge in [-0.1, -0.05) is 6.07 Å². The van der Waals surface area contributed by atoms with Crippen molar-refractivity contribution in [2.75, 3.05) is 19.2 Å². The molecule has 0 radical (unpaired) electrons. The third-order valence-electron chi connectivity index (χ3n) is 3.48. The number of aryl methyl sites for hydroxylation is 1. The molecule has 0 unspecified atom stereocenters. The van der Waals surface area contributed by atoms with E-state index in [1.165, 1.54) is 7.11 Å². The normalized spacial score (nSPS) is 11.4. The Morgan fingerprint density at radius 2 is 2.16 bits per heavy atom. The standard InChI is InChI=1S/C17H18N6O2/c1-12-16(23-7-5-4-6-15(23)22-12)14(18-2)10-25-11-21-13-8-19-17(24-3)20-9-13/h4-10,21H,2,11H2,1,3H3/b14-10-. The number of nitrogens with zero attached hydrogens (tertiary/aromatic N) is 5. The molecule has 0 aliphatic rings. The summed E-state index contributed by atoms with van der Waals surface area (Å²) in [4.78, 5) is 16.6. The Hall–Kier alpha value is -3.42. The summed E-state index contributed by atoms with van der Waals surface area (Å²) in [5.74, 6) is 0. The highest BCUT2D eigenvalue weighted by Crippen LogP contribution is 2.21. The Balaban J connectivity index is 1.70. The van der Waals surface area contributed by atoms with Gasteiger partial charge in [-0.15, -0.1) is 0 Å². The van der Waals surface area contributed by atoms with E-state index in [-0.39, 0.29) is 6.73 Å². The van der Waals surface area contributed by atoms with Gasteiger partial charge in [0.05, 0.1) is 36.6 Å². The molecule has 0 fully saturated rings. The molecule has 0 aromatic carbocycles. The van der Waals surface area contributed by atoms with E-state index in [1.54, 1.807) is 18.7 Å². The number of ether oxygens (including phenoxy) is 2. The van der Waals surface area contributed by atoms with Crippen LogP contribution in [0.1, 0.15) is 11.4 Å². The zero-order valence-electron chi connectivity index (χ0n) is 14.0. The summed E-state index contributed by atoms with van der Waals surface area (Å²) in [6, 6.07) is 6.12. The van der Waals surface area contributed by atoms with Crippen LogP contribution in [0.3, 0.4) is 0 Å². The molecule has 0 atom stereocenters. The lowest BCUT2D eigenvalue weighted by atomic mass is 10.3. The van der Waals surface area contributed by atoms with Crippen LogP contribution in [-0.2, 0) is 4.74 Å². The minimum atomic E-state index is 0.227. The molecule has 3 aromatic heterocycles. The second-order valence-corrected chi connectivity index (χ2v) is 5.08.